The summed E-state index contributed by atoms with van der Waals surface area (Å²) in [6.45, 7) is 5.70. The maximum atomic E-state index is 9.93. The van der Waals surface area contributed by atoms with E-state index in [1.807, 2.05) is 19.1 Å². The van der Waals surface area contributed by atoms with Crippen LogP contribution in [0.5, 0.6) is 17.2 Å². The minimum absolute atomic E-state index is 0.0544. The molecule has 5 nitrogen and oxygen atoms in total. The minimum Gasteiger partial charge on any atom is -0.502 e. The predicted molar refractivity (Wildman–Crippen MR) is 81.1 cm³/mol. The summed E-state index contributed by atoms with van der Waals surface area (Å²) in [7, 11) is 3.09. The quantitative estimate of drug-likeness (QED) is 0.873. The van der Waals surface area contributed by atoms with E-state index in [0.29, 0.717) is 17.6 Å². The van der Waals surface area contributed by atoms with Gasteiger partial charge in [0.1, 0.15) is 0 Å². The van der Waals surface area contributed by atoms with Gasteiger partial charge >= 0.3 is 0 Å². The zero-order chi connectivity index (χ0) is 15.2. The largest absolute Gasteiger partial charge is 0.502 e. The summed E-state index contributed by atoms with van der Waals surface area (Å²) in [5.41, 5.74) is 1.08. The number of hydrogen-bond donors (Lipinski definition) is 1. The average molecular weight is 295 g/mol. The Balaban J connectivity index is 2.00. The highest BCUT2D eigenvalue weighted by Gasteiger charge is 2.20. The number of ether oxygens (including phenoxy) is 3. The molecule has 0 aliphatic carbocycles. The molecule has 0 amide bonds. The van der Waals surface area contributed by atoms with Crippen LogP contribution >= 0.6 is 0 Å². The Morgan fingerprint density at radius 3 is 2.19 bits per heavy atom. The first-order valence-electron chi connectivity index (χ1n) is 7.45. The zero-order valence-corrected chi connectivity index (χ0v) is 13.1. The number of methoxy groups -OCH3 is 2. The second-order valence-corrected chi connectivity index (χ2v) is 5.28. The van der Waals surface area contributed by atoms with Gasteiger partial charge in [-0.05, 0) is 37.5 Å². The summed E-state index contributed by atoms with van der Waals surface area (Å²) in [5, 5.41) is 9.93. The lowest BCUT2D eigenvalue weighted by molar-refractivity contribution is 0.0125. The summed E-state index contributed by atoms with van der Waals surface area (Å²) in [6, 6.07) is 3.74. The minimum atomic E-state index is 0.0544. The number of piperidine rings is 1. The zero-order valence-electron chi connectivity index (χ0n) is 13.1. The fourth-order valence-corrected chi connectivity index (χ4v) is 2.77. The lowest BCUT2D eigenvalue weighted by atomic mass is 10.1. The van der Waals surface area contributed by atoms with Gasteiger partial charge in [0.15, 0.2) is 11.5 Å². The maximum absolute atomic E-state index is 9.93. The highest BCUT2D eigenvalue weighted by Crippen LogP contribution is 2.37. The number of nitrogens with zero attached hydrogens (tertiary/aromatic N) is 1. The number of hydrogen-bond acceptors (Lipinski definition) is 5. The second-order valence-electron chi connectivity index (χ2n) is 5.28. The smallest absolute Gasteiger partial charge is 0.200 e. The molecule has 1 aromatic rings. The number of benzene rings is 1. The van der Waals surface area contributed by atoms with Crippen molar-refractivity contribution in [3.63, 3.8) is 0 Å². The van der Waals surface area contributed by atoms with E-state index < -0.39 is 0 Å². The third-order valence-electron chi connectivity index (χ3n) is 3.88. The molecule has 118 valence electrons. The van der Waals surface area contributed by atoms with Gasteiger partial charge in [0, 0.05) is 26.2 Å². The van der Waals surface area contributed by atoms with E-state index in [1.54, 1.807) is 14.2 Å². The van der Waals surface area contributed by atoms with Crippen LogP contribution in [0.3, 0.4) is 0 Å². The summed E-state index contributed by atoms with van der Waals surface area (Å²) in [6.07, 6.45) is 2.54. The molecule has 21 heavy (non-hydrogen) atoms. The van der Waals surface area contributed by atoms with E-state index in [9.17, 15) is 5.11 Å². The summed E-state index contributed by atoms with van der Waals surface area (Å²) < 4.78 is 16.1. The fraction of sp³-hybridized carbons (Fsp3) is 0.625. The summed E-state index contributed by atoms with van der Waals surface area (Å²) >= 11 is 0. The van der Waals surface area contributed by atoms with Crippen LogP contribution in [0.25, 0.3) is 0 Å². The van der Waals surface area contributed by atoms with E-state index in [1.165, 1.54) is 0 Å². The first-order valence-corrected chi connectivity index (χ1v) is 7.45. The molecule has 1 aromatic carbocycles. The molecular formula is C16H25NO4. The van der Waals surface area contributed by atoms with E-state index >= 15 is 0 Å². The SMILES string of the molecule is CCOC1CCN(Cc2cc(OC)c(O)c(OC)c2)CC1. The Bertz CT molecular complexity index is 431. The van der Waals surface area contributed by atoms with Crippen molar-refractivity contribution in [3.8, 4) is 17.2 Å². The van der Waals surface area contributed by atoms with Crippen molar-refractivity contribution >= 4 is 0 Å². The molecule has 0 atom stereocenters. The number of aromatic hydroxyl groups is 1. The van der Waals surface area contributed by atoms with E-state index in [0.717, 1.165) is 44.6 Å². The van der Waals surface area contributed by atoms with Crippen LogP contribution in [0.2, 0.25) is 0 Å². The van der Waals surface area contributed by atoms with Gasteiger partial charge < -0.3 is 19.3 Å². The van der Waals surface area contributed by atoms with Crippen molar-refractivity contribution in [1.29, 1.82) is 0 Å². The molecule has 0 bridgehead atoms. The van der Waals surface area contributed by atoms with Gasteiger partial charge in [0.05, 0.1) is 20.3 Å². The van der Waals surface area contributed by atoms with Crippen molar-refractivity contribution in [1.82, 2.24) is 4.90 Å². The molecule has 1 N–H and O–H groups in total. The van der Waals surface area contributed by atoms with Crippen LogP contribution in [0.1, 0.15) is 25.3 Å². The Hall–Kier alpha value is -1.46. The van der Waals surface area contributed by atoms with Crippen molar-refractivity contribution in [2.75, 3.05) is 33.9 Å². The Kier molecular flexibility index (Phi) is 5.70. The monoisotopic (exact) mass is 295 g/mol. The van der Waals surface area contributed by atoms with Crippen LogP contribution in [0, 0.1) is 0 Å². The van der Waals surface area contributed by atoms with Gasteiger partial charge in [-0.2, -0.15) is 0 Å². The lowest BCUT2D eigenvalue weighted by Crippen LogP contribution is -2.36. The van der Waals surface area contributed by atoms with Crippen LogP contribution in [0.15, 0.2) is 12.1 Å². The molecule has 1 heterocycles. The summed E-state index contributed by atoms with van der Waals surface area (Å²) in [5.74, 6) is 0.959. The Morgan fingerprint density at radius 1 is 1.14 bits per heavy atom. The van der Waals surface area contributed by atoms with Gasteiger partial charge in [0.2, 0.25) is 5.75 Å². The van der Waals surface area contributed by atoms with Gasteiger partial charge in [0.25, 0.3) is 0 Å². The molecule has 1 fully saturated rings. The average Bonchev–Trinajstić information content (AvgIpc) is 2.51. The Morgan fingerprint density at radius 2 is 1.71 bits per heavy atom. The van der Waals surface area contributed by atoms with E-state index in [2.05, 4.69) is 4.90 Å². The molecule has 5 heteroatoms. The van der Waals surface area contributed by atoms with Gasteiger partial charge in [-0.25, -0.2) is 0 Å². The topological polar surface area (TPSA) is 51.2 Å². The van der Waals surface area contributed by atoms with Crippen LogP contribution < -0.4 is 9.47 Å². The molecule has 0 aromatic heterocycles. The molecular weight excluding hydrogens is 270 g/mol. The van der Waals surface area contributed by atoms with Crippen molar-refractivity contribution in [3.05, 3.63) is 17.7 Å². The van der Waals surface area contributed by atoms with Crippen molar-refractivity contribution in [2.45, 2.75) is 32.4 Å². The molecule has 0 saturated carbocycles. The number of likely N-dealkylation sites (tertiary alicyclic amines) is 1. The van der Waals surface area contributed by atoms with Crippen LogP contribution in [0.4, 0.5) is 0 Å². The number of rotatable bonds is 6. The van der Waals surface area contributed by atoms with Crippen molar-refractivity contribution < 1.29 is 19.3 Å². The Labute approximate surface area is 126 Å². The first-order chi connectivity index (χ1) is 10.2. The van der Waals surface area contributed by atoms with Crippen LogP contribution in [-0.4, -0.2) is 50.0 Å². The molecule has 0 spiro atoms. The standard InChI is InChI=1S/C16H25NO4/c1-4-21-13-5-7-17(8-6-13)11-12-9-14(19-2)16(18)15(10-12)20-3/h9-10,13,18H,4-8,11H2,1-3H3. The predicted octanol–water partition coefficient (Wildman–Crippen LogP) is 2.41. The highest BCUT2D eigenvalue weighted by molar-refractivity contribution is 5.52. The molecule has 1 saturated heterocycles. The first kappa shape index (κ1) is 15.9. The van der Waals surface area contributed by atoms with Crippen molar-refractivity contribution in [2.24, 2.45) is 0 Å². The second kappa shape index (κ2) is 7.52. The third-order valence-corrected chi connectivity index (χ3v) is 3.88. The van der Waals surface area contributed by atoms with E-state index in [4.69, 9.17) is 14.2 Å². The van der Waals surface area contributed by atoms with Gasteiger partial charge in [-0.1, -0.05) is 0 Å². The number of phenols is 1. The molecule has 1 aliphatic rings. The fourth-order valence-electron chi connectivity index (χ4n) is 2.77. The van der Waals surface area contributed by atoms with Gasteiger partial charge in [-0.3, -0.25) is 4.90 Å². The van der Waals surface area contributed by atoms with E-state index in [-0.39, 0.29) is 5.75 Å². The highest BCUT2D eigenvalue weighted by atomic mass is 16.5. The number of phenolic OH excluding ortho intramolecular Hbond substituents is 1. The molecule has 0 unspecified atom stereocenters. The van der Waals surface area contributed by atoms with Crippen LogP contribution in [-0.2, 0) is 11.3 Å². The molecule has 2 rings (SSSR count). The summed E-state index contributed by atoms with van der Waals surface area (Å²) in [4.78, 5) is 2.39. The lowest BCUT2D eigenvalue weighted by Gasteiger charge is -2.31. The normalized spacial score (nSPS) is 16.9. The maximum Gasteiger partial charge on any atom is 0.200 e. The molecule has 0 radical (unpaired) electrons. The van der Waals surface area contributed by atoms with Gasteiger partial charge in [-0.15, -0.1) is 0 Å². The molecule has 1 aliphatic heterocycles. The third kappa shape index (κ3) is 4.02.